The van der Waals surface area contributed by atoms with Gasteiger partial charge in [0.2, 0.25) is 10.0 Å². The monoisotopic (exact) mass is 416 g/mol. The van der Waals surface area contributed by atoms with E-state index in [1.165, 1.54) is 24.2 Å². The number of nitrogens with zero attached hydrogens (tertiary/aromatic N) is 2. The second-order valence-corrected chi connectivity index (χ2v) is 10.0. The van der Waals surface area contributed by atoms with Crippen molar-refractivity contribution >= 4 is 27.3 Å². The quantitative estimate of drug-likeness (QED) is 0.327. The number of aryl methyl sites for hydroxylation is 2. The summed E-state index contributed by atoms with van der Waals surface area (Å²) >= 11 is 1.49. The summed E-state index contributed by atoms with van der Waals surface area (Å²) in [5.41, 5.74) is 0. The molecule has 2 N–H and O–H groups in total. The molecule has 1 aromatic heterocycles. The maximum atomic E-state index is 12.4. The number of hydrogen-bond acceptors (Lipinski definition) is 5. The third kappa shape index (κ3) is 7.40. The molecule has 0 atom stereocenters. The molecule has 7 nitrogen and oxygen atoms in total. The lowest BCUT2D eigenvalue weighted by atomic mass is 10.4. The van der Waals surface area contributed by atoms with Gasteiger partial charge in [-0.15, -0.1) is 11.3 Å². The molecular formula is C18H32N4O3S2. The summed E-state index contributed by atoms with van der Waals surface area (Å²) in [4.78, 5) is 8.69. The molecule has 1 aliphatic carbocycles. The summed E-state index contributed by atoms with van der Waals surface area (Å²) in [5.74, 6) is 1.52. The Labute approximate surface area is 167 Å². The zero-order chi connectivity index (χ0) is 19.9. The van der Waals surface area contributed by atoms with Crippen LogP contribution in [0.15, 0.2) is 16.0 Å². The first-order valence-electron chi connectivity index (χ1n) is 9.47. The molecule has 0 radical (unpaired) electrons. The normalized spacial score (nSPS) is 15.2. The minimum Gasteiger partial charge on any atom is -0.379 e. The summed E-state index contributed by atoms with van der Waals surface area (Å²) in [6.07, 6.45) is 2.58. The van der Waals surface area contributed by atoms with Crippen LogP contribution in [0.25, 0.3) is 0 Å². The number of aliphatic imine (C=N–C) groups is 1. The Morgan fingerprint density at radius 2 is 2.15 bits per heavy atom. The Hall–Kier alpha value is -1.16. The van der Waals surface area contributed by atoms with Gasteiger partial charge in [-0.25, -0.2) is 13.1 Å². The van der Waals surface area contributed by atoms with Crippen molar-refractivity contribution in [2.24, 2.45) is 10.9 Å². The van der Waals surface area contributed by atoms with Gasteiger partial charge in [0.15, 0.2) is 5.96 Å². The molecule has 1 heterocycles. The highest BCUT2D eigenvalue weighted by molar-refractivity contribution is 7.89. The topological polar surface area (TPSA) is 83.0 Å². The minimum atomic E-state index is -3.48. The van der Waals surface area contributed by atoms with Gasteiger partial charge in [0, 0.05) is 43.0 Å². The average molecular weight is 417 g/mol. The molecule has 0 aliphatic heterocycles. The lowest BCUT2D eigenvalue weighted by Crippen LogP contribution is -2.41. The number of guanidine groups is 1. The number of thiophene rings is 1. The van der Waals surface area contributed by atoms with Gasteiger partial charge in [-0.1, -0.05) is 0 Å². The van der Waals surface area contributed by atoms with Crippen LogP contribution in [0.1, 0.15) is 29.5 Å². The highest BCUT2D eigenvalue weighted by Gasteiger charge is 2.21. The summed E-state index contributed by atoms with van der Waals surface area (Å²) in [7, 11) is -1.52. The standard InChI is InChI=1S/C18H32N4O3S2/c1-5-19-18(22(4)10-11-25-13-16-6-7-16)20-8-9-21-27(23,24)17-12-14(2)26-15(17)3/h12,16,21H,5-11,13H2,1-4H3,(H,19,20). The highest BCUT2D eigenvalue weighted by Crippen LogP contribution is 2.28. The lowest BCUT2D eigenvalue weighted by molar-refractivity contribution is 0.115. The Kier molecular flexibility index (Phi) is 8.53. The number of sulfonamides is 1. The highest BCUT2D eigenvalue weighted by atomic mass is 32.2. The van der Waals surface area contributed by atoms with Crippen molar-refractivity contribution in [1.82, 2.24) is 14.9 Å². The van der Waals surface area contributed by atoms with Crippen LogP contribution in [0.5, 0.6) is 0 Å². The molecule has 0 spiro atoms. The van der Waals surface area contributed by atoms with Crippen LogP contribution >= 0.6 is 11.3 Å². The molecule has 1 aliphatic rings. The van der Waals surface area contributed by atoms with Crippen molar-refractivity contribution < 1.29 is 13.2 Å². The fraction of sp³-hybridized carbons (Fsp3) is 0.722. The zero-order valence-electron chi connectivity index (χ0n) is 16.7. The van der Waals surface area contributed by atoms with E-state index in [1.54, 1.807) is 6.07 Å². The Bertz CT molecular complexity index is 727. The smallest absolute Gasteiger partial charge is 0.241 e. The minimum absolute atomic E-state index is 0.261. The fourth-order valence-electron chi connectivity index (χ4n) is 2.61. The van der Waals surface area contributed by atoms with Crippen LogP contribution < -0.4 is 10.0 Å². The molecule has 0 unspecified atom stereocenters. The van der Waals surface area contributed by atoms with Gasteiger partial charge in [0.05, 0.1) is 18.0 Å². The van der Waals surface area contributed by atoms with Gasteiger partial charge in [-0.2, -0.15) is 0 Å². The maximum absolute atomic E-state index is 12.4. The molecular weight excluding hydrogens is 384 g/mol. The van der Waals surface area contributed by atoms with E-state index in [-0.39, 0.29) is 6.54 Å². The van der Waals surface area contributed by atoms with Gasteiger partial charge in [0.25, 0.3) is 0 Å². The van der Waals surface area contributed by atoms with E-state index in [0.717, 1.165) is 41.3 Å². The zero-order valence-corrected chi connectivity index (χ0v) is 18.4. The second-order valence-electron chi connectivity index (χ2n) is 6.85. The molecule has 0 aromatic carbocycles. The number of likely N-dealkylation sites (N-methyl/N-ethyl adjacent to an activating group) is 1. The largest absolute Gasteiger partial charge is 0.379 e. The number of rotatable bonds is 11. The lowest BCUT2D eigenvalue weighted by Gasteiger charge is -2.22. The molecule has 27 heavy (non-hydrogen) atoms. The van der Waals surface area contributed by atoms with Gasteiger partial charge < -0.3 is 15.0 Å². The predicted octanol–water partition coefficient (Wildman–Crippen LogP) is 1.97. The van der Waals surface area contributed by atoms with Crippen molar-refractivity contribution in [1.29, 1.82) is 0 Å². The van der Waals surface area contributed by atoms with Crippen LogP contribution in [0, 0.1) is 19.8 Å². The fourth-order valence-corrected chi connectivity index (χ4v) is 5.18. The van der Waals surface area contributed by atoms with Gasteiger partial charge in [0.1, 0.15) is 0 Å². The van der Waals surface area contributed by atoms with Crippen molar-refractivity contribution in [3.8, 4) is 0 Å². The van der Waals surface area contributed by atoms with Crippen molar-refractivity contribution in [3.05, 3.63) is 15.8 Å². The van der Waals surface area contributed by atoms with Gasteiger partial charge in [-0.3, -0.25) is 4.99 Å². The molecule has 1 aromatic rings. The third-order valence-corrected chi connectivity index (χ3v) is 6.95. The summed E-state index contributed by atoms with van der Waals surface area (Å²) in [6, 6.07) is 1.71. The Morgan fingerprint density at radius 3 is 2.74 bits per heavy atom. The first kappa shape index (κ1) is 22.1. The first-order valence-corrected chi connectivity index (χ1v) is 11.8. The number of hydrogen-bond donors (Lipinski definition) is 2. The summed E-state index contributed by atoms with van der Waals surface area (Å²) in [6.45, 7) is 9.40. The van der Waals surface area contributed by atoms with Crippen molar-refractivity contribution in [2.75, 3.05) is 46.4 Å². The first-order chi connectivity index (χ1) is 12.8. The van der Waals surface area contributed by atoms with Crippen LogP contribution in [-0.4, -0.2) is 65.7 Å². The van der Waals surface area contributed by atoms with Gasteiger partial charge >= 0.3 is 0 Å². The molecule has 2 rings (SSSR count). The van der Waals surface area contributed by atoms with Crippen molar-refractivity contribution in [3.63, 3.8) is 0 Å². The molecule has 1 saturated carbocycles. The van der Waals surface area contributed by atoms with E-state index >= 15 is 0 Å². The summed E-state index contributed by atoms with van der Waals surface area (Å²) in [5, 5.41) is 3.23. The number of ether oxygens (including phenoxy) is 1. The maximum Gasteiger partial charge on any atom is 0.241 e. The molecule has 9 heteroatoms. The SMILES string of the molecule is CCNC(=NCCNS(=O)(=O)c1cc(C)sc1C)N(C)CCOCC1CC1. The van der Waals surface area contributed by atoms with Gasteiger partial charge in [-0.05, 0) is 45.6 Å². The molecule has 0 bridgehead atoms. The number of nitrogens with one attached hydrogen (secondary N) is 2. The van der Waals surface area contributed by atoms with E-state index in [4.69, 9.17) is 4.74 Å². The molecule has 0 saturated heterocycles. The van der Waals surface area contributed by atoms with E-state index in [0.29, 0.717) is 18.0 Å². The van der Waals surface area contributed by atoms with Crippen molar-refractivity contribution in [2.45, 2.75) is 38.5 Å². The van der Waals surface area contributed by atoms with E-state index < -0.39 is 10.0 Å². The third-order valence-electron chi connectivity index (χ3n) is 4.27. The van der Waals surface area contributed by atoms with E-state index in [1.807, 2.05) is 32.7 Å². The Balaban J connectivity index is 1.79. The molecule has 154 valence electrons. The van der Waals surface area contributed by atoms with E-state index in [2.05, 4.69) is 15.0 Å². The van der Waals surface area contributed by atoms with Crippen LogP contribution in [0.4, 0.5) is 0 Å². The van der Waals surface area contributed by atoms with Crippen LogP contribution in [-0.2, 0) is 14.8 Å². The molecule has 0 amide bonds. The average Bonchev–Trinajstić information content (AvgIpc) is 3.36. The predicted molar refractivity (Wildman–Crippen MR) is 111 cm³/mol. The Morgan fingerprint density at radius 1 is 1.41 bits per heavy atom. The second kappa shape index (κ2) is 10.4. The van der Waals surface area contributed by atoms with Crippen LogP contribution in [0.3, 0.4) is 0 Å². The summed E-state index contributed by atoms with van der Waals surface area (Å²) < 4.78 is 33.1. The van der Waals surface area contributed by atoms with Crippen LogP contribution in [0.2, 0.25) is 0 Å². The molecule has 1 fully saturated rings. The van der Waals surface area contributed by atoms with E-state index in [9.17, 15) is 8.42 Å².